The monoisotopic (exact) mass is 465 g/mol. The van der Waals surface area contributed by atoms with Crippen LogP contribution in [-0.4, -0.2) is 40.5 Å². The molecule has 32 heavy (non-hydrogen) atoms. The molecule has 0 aromatic carbocycles. The van der Waals surface area contributed by atoms with Crippen molar-refractivity contribution in [2.75, 3.05) is 36.6 Å². The molecular weight excluding hydrogens is 446 g/mol. The summed E-state index contributed by atoms with van der Waals surface area (Å²) in [6.07, 6.45) is 4.76. The highest BCUT2D eigenvalue weighted by Crippen LogP contribution is 2.53. The molecule has 1 saturated heterocycles. The Kier molecular flexibility index (Phi) is 4.72. The van der Waals surface area contributed by atoms with Gasteiger partial charge in [0.05, 0.1) is 17.0 Å². The minimum absolute atomic E-state index is 0.0646. The Balaban J connectivity index is 1.47. The molecule has 0 bridgehead atoms. The first kappa shape index (κ1) is 20.8. The number of thiophene rings is 1. The second kappa shape index (κ2) is 7.25. The molecule has 9 nitrogen and oxygen atoms in total. The van der Waals surface area contributed by atoms with Gasteiger partial charge >= 0.3 is 5.16 Å². The van der Waals surface area contributed by atoms with E-state index in [1.54, 1.807) is 0 Å². The Morgan fingerprint density at radius 3 is 2.50 bits per heavy atom. The maximum Gasteiger partial charge on any atom is 0.347 e. The van der Waals surface area contributed by atoms with E-state index in [0.29, 0.717) is 29.5 Å². The maximum absolute atomic E-state index is 12.2. The van der Waals surface area contributed by atoms with Crippen molar-refractivity contribution < 1.29 is 9.29 Å². The van der Waals surface area contributed by atoms with Crippen molar-refractivity contribution in [3.63, 3.8) is 0 Å². The number of nitrogen functional groups attached to an aromatic ring is 1. The first-order valence-electron chi connectivity index (χ1n) is 10.1. The summed E-state index contributed by atoms with van der Waals surface area (Å²) in [6, 6.07) is 6.64. The molecule has 2 aromatic heterocycles. The van der Waals surface area contributed by atoms with Crippen molar-refractivity contribution in [1.29, 1.82) is 15.8 Å². The predicted molar refractivity (Wildman–Crippen MR) is 118 cm³/mol. The third-order valence-electron chi connectivity index (χ3n) is 6.55. The van der Waals surface area contributed by atoms with Gasteiger partial charge in [-0.1, -0.05) is 0 Å². The highest BCUT2D eigenvalue weighted by atomic mass is 32.2. The molecule has 2 fully saturated rings. The van der Waals surface area contributed by atoms with Crippen LogP contribution in [0.1, 0.15) is 40.8 Å². The van der Waals surface area contributed by atoms with Crippen LogP contribution in [0.4, 0.5) is 10.8 Å². The minimum atomic E-state index is -1.47. The average Bonchev–Trinajstić information content (AvgIpc) is 3.35. The molecule has 1 aliphatic heterocycles. The average molecular weight is 466 g/mol. The fraction of sp³-hybridized carbons (Fsp3) is 0.476. The molecule has 0 amide bonds. The number of hydrogen-bond donors (Lipinski definition) is 1. The number of nitrogens with zero attached hydrogens (tertiary/aromatic N) is 6. The van der Waals surface area contributed by atoms with Gasteiger partial charge in [0.15, 0.2) is 11.4 Å². The Morgan fingerprint density at radius 2 is 1.91 bits per heavy atom. The molecule has 162 valence electrons. The van der Waals surface area contributed by atoms with Crippen LogP contribution in [0.25, 0.3) is 0 Å². The first-order valence-corrected chi connectivity index (χ1v) is 12.5. The van der Waals surface area contributed by atoms with Gasteiger partial charge in [-0.25, -0.2) is 0 Å². The summed E-state index contributed by atoms with van der Waals surface area (Å²) in [5, 5.41) is 29.4. The standard InChI is InChI=1S/C21H19N7O2S2/c1-32(29)19-26-17(13(7-23)18(27-19)30-11-20(8-24)4-5-20)28-9-21(10-28)3-2-14-15(21)12(6-22)16(25)31-14/h2-5,9-11,25H2,1H3. The Morgan fingerprint density at radius 1 is 1.19 bits per heavy atom. The maximum atomic E-state index is 12.2. The van der Waals surface area contributed by atoms with Crippen LogP contribution in [0.15, 0.2) is 5.16 Å². The van der Waals surface area contributed by atoms with Gasteiger partial charge in [-0.15, -0.1) is 16.3 Å². The van der Waals surface area contributed by atoms with Crippen LogP contribution in [0.5, 0.6) is 5.88 Å². The second-order valence-corrected chi connectivity index (χ2v) is 11.1. The molecule has 3 aliphatic rings. The fourth-order valence-corrected chi connectivity index (χ4v) is 6.16. The number of fused-ring (bicyclic) bond motifs is 2. The van der Waals surface area contributed by atoms with E-state index in [4.69, 9.17) is 10.5 Å². The van der Waals surface area contributed by atoms with Gasteiger partial charge in [-0.05, 0) is 31.2 Å². The van der Waals surface area contributed by atoms with Crippen molar-refractivity contribution >= 4 is 33.3 Å². The number of ether oxygens (including phenoxy) is 1. The van der Waals surface area contributed by atoms with E-state index < -0.39 is 16.6 Å². The van der Waals surface area contributed by atoms with Crippen molar-refractivity contribution in [3.05, 3.63) is 21.6 Å². The molecule has 5 rings (SSSR count). The van der Waals surface area contributed by atoms with Gasteiger partial charge in [0, 0.05) is 34.6 Å². The van der Waals surface area contributed by atoms with Gasteiger partial charge in [0.25, 0.3) is 0 Å². The van der Waals surface area contributed by atoms with E-state index in [0.717, 1.165) is 36.1 Å². The van der Waals surface area contributed by atoms with Crippen LogP contribution < -0.4 is 15.4 Å². The molecule has 1 atom stereocenters. The lowest BCUT2D eigenvalue weighted by atomic mass is 9.74. The molecule has 1 saturated carbocycles. The smallest absolute Gasteiger partial charge is 0.347 e. The third kappa shape index (κ3) is 3.07. The van der Waals surface area contributed by atoms with Crippen molar-refractivity contribution in [2.45, 2.75) is 36.3 Å². The van der Waals surface area contributed by atoms with Crippen LogP contribution in [-0.2, 0) is 23.0 Å². The second-order valence-electron chi connectivity index (χ2n) is 8.64. The third-order valence-corrected chi connectivity index (χ3v) is 8.32. The zero-order chi connectivity index (χ0) is 22.7. The number of nitriles is 3. The quantitative estimate of drug-likeness (QED) is 0.514. The highest BCUT2D eigenvalue weighted by molar-refractivity contribution is 7.90. The minimum Gasteiger partial charge on any atom is -0.609 e. The summed E-state index contributed by atoms with van der Waals surface area (Å²) in [6.45, 7) is 1.29. The van der Waals surface area contributed by atoms with Crippen molar-refractivity contribution in [2.24, 2.45) is 5.41 Å². The molecule has 1 unspecified atom stereocenters. The Labute approximate surface area is 192 Å². The molecule has 1 spiro atoms. The summed E-state index contributed by atoms with van der Waals surface area (Å²) in [5.41, 5.74) is 7.10. The largest absolute Gasteiger partial charge is 0.609 e. The molecule has 11 heteroatoms. The lowest BCUT2D eigenvalue weighted by Crippen LogP contribution is -2.59. The Bertz CT molecular complexity index is 1240. The zero-order valence-corrected chi connectivity index (χ0v) is 19.0. The fourth-order valence-electron chi connectivity index (χ4n) is 4.59. The van der Waals surface area contributed by atoms with E-state index in [9.17, 15) is 20.3 Å². The van der Waals surface area contributed by atoms with Gasteiger partial charge in [-0.2, -0.15) is 20.8 Å². The lowest BCUT2D eigenvalue weighted by Gasteiger charge is -2.49. The van der Waals surface area contributed by atoms with E-state index in [1.807, 2.05) is 4.90 Å². The summed E-state index contributed by atoms with van der Waals surface area (Å²) in [5.74, 6) is 0.445. The SMILES string of the molecule is C[S+]([O-])c1nc(OCC2(C#N)CC2)c(C#N)c(N2CC3(CCc4sc(N)c(C#N)c43)C2)n1. The molecule has 2 aliphatic carbocycles. The summed E-state index contributed by atoms with van der Waals surface area (Å²) < 4.78 is 18.0. The van der Waals surface area contributed by atoms with Crippen molar-refractivity contribution in [1.82, 2.24) is 9.97 Å². The normalized spacial score (nSPS) is 19.9. The van der Waals surface area contributed by atoms with E-state index in [2.05, 4.69) is 28.2 Å². The van der Waals surface area contributed by atoms with Gasteiger partial charge in [-0.3, -0.25) is 0 Å². The van der Waals surface area contributed by atoms with Crippen LogP contribution in [0.2, 0.25) is 0 Å². The Hall–Kier alpha value is -3.04. The number of anilines is 2. The molecular formula is C21H19N7O2S2. The number of rotatable bonds is 5. The molecule has 0 radical (unpaired) electrons. The van der Waals surface area contributed by atoms with E-state index in [-0.39, 0.29) is 28.6 Å². The summed E-state index contributed by atoms with van der Waals surface area (Å²) >= 11 is 0.00747. The number of nitrogens with two attached hydrogens (primary N) is 1. The summed E-state index contributed by atoms with van der Waals surface area (Å²) in [7, 11) is 0. The summed E-state index contributed by atoms with van der Waals surface area (Å²) in [4.78, 5) is 11.7. The molecule has 2 N–H and O–H groups in total. The predicted octanol–water partition coefficient (Wildman–Crippen LogP) is 1.99. The van der Waals surface area contributed by atoms with Crippen LogP contribution in [0, 0.1) is 39.4 Å². The first-order chi connectivity index (χ1) is 15.3. The van der Waals surface area contributed by atoms with Gasteiger partial charge in [0.2, 0.25) is 5.88 Å². The molecule has 3 heterocycles. The van der Waals surface area contributed by atoms with Gasteiger partial charge in [0.1, 0.15) is 30.0 Å². The topological polar surface area (TPSA) is 159 Å². The van der Waals surface area contributed by atoms with E-state index >= 15 is 0 Å². The highest BCUT2D eigenvalue weighted by Gasteiger charge is 2.52. The van der Waals surface area contributed by atoms with Gasteiger partial charge < -0.3 is 19.9 Å². The van der Waals surface area contributed by atoms with E-state index in [1.165, 1.54) is 17.6 Å². The lowest BCUT2D eigenvalue weighted by molar-refractivity contribution is 0.255. The van der Waals surface area contributed by atoms with Crippen LogP contribution >= 0.6 is 11.3 Å². The number of aromatic nitrogens is 2. The van der Waals surface area contributed by atoms with Crippen molar-refractivity contribution in [3.8, 4) is 24.1 Å². The number of aryl methyl sites for hydroxylation is 1. The number of hydrogen-bond acceptors (Lipinski definition) is 10. The van der Waals surface area contributed by atoms with Crippen LogP contribution in [0.3, 0.4) is 0 Å². The molecule has 2 aromatic rings. The zero-order valence-electron chi connectivity index (χ0n) is 17.3.